The van der Waals surface area contributed by atoms with Gasteiger partial charge in [0, 0.05) is 19.0 Å². The first-order chi connectivity index (χ1) is 8.46. The number of hydrogen-bond acceptors (Lipinski definition) is 2. The van der Waals surface area contributed by atoms with Crippen molar-refractivity contribution in [3.8, 4) is 0 Å². The summed E-state index contributed by atoms with van der Waals surface area (Å²) in [6.45, 7) is 7.24. The maximum atomic E-state index is 11.9. The van der Waals surface area contributed by atoms with Gasteiger partial charge < -0.3 is 9.64 Å². The Kier molecular flexibility index (Phi) is 3.60. The molecule has 0 N–H and O–H groups in total. The van der Waals surface area contributed by atoms with Crippen LogP contribution in [0.4, 0.5) is 4.79 Å². The van der Waals surface area contributed by atoms with Crippen molar-refractivity contribution in [3.05, 3.63) is 35.9 Å². The third-order valence-corrected chi connectivity index (χ3v) is 3.11. The summed E-state index contributed by atoms with van der Waals surface area (Å²) in [4.78, 5) is 13.7. The Bertz CT molecular complexity index is 408. The van der Waals surface area contributed by atoms with Gasteiger partial charge in [-0.2, -0.15) is 0 Å². The number of hydrogen-bond donors (Lipinski definition) is 0. The number of likely N-dealkylation sites (tertiary alicyclic amines) is 1. The van der Waals surface area contributed by atoms with Crippen molar-refractivity contribution in [3.63, 3.8) is 0 Å². The van der Waals surface area contributed by atoms with Crippen molar-refractivity contribution in [2.24, 2.45) is 0 Å². The van der Waals surface area contributed by atoms with Gasteiger partial charge in [-0.05, 0) is 32.8 Å². The van der Waals surface area contributed by atoms with Gasteiger partial charge in [0.05, 0.1) is 0 Å². The van der Waals surface area contributed by atoms with E-state index in [9.17, 15) is 4.79 Å². The fraction of sp³-hybridized carbons (Fsp3) is 0.533. The van der Waals surface area contributed by atoms with E-state index in [0.29, 0.717) is 5.92 Å². The molecule has 1 aliphatic rings. The summed E-state index contributed by atoms with van der Waals surface area (Å²) in [5.41, 5.74) is 0.894. The van der Waals surface area contributed by atoms with Gasteiger partial charge in [0.2, 0.25) is 0 Å². The van der Waals surface area contributed by atoms with Crippen molar-refractivity contribution in [1.82, 2.24) is 4.90 Å². The molecule has 0 spiro atoms. The van der Waals surface area contributed by atoms with Crippen LogP contribution in [-0.2, 0) is 4.74 Å². The van der Waals surface area contributed by atoms with E-state index in [2.05, 4.69) is 12.1 Å². The Morgan fingerprint density at radius 3 is 2.56 bits per heavy atom. The van der Waals surface area contributed by atoms with Crippen molar-refractivity contribution < 1.29 is 9.53 Å². The second-order valence-electron chi connectivity index (χ2n) is 5.82. The Labute approximate surface area is 109 Å². The molecule has 0 bridgehead atoms. The van der Waals surface area contributed by atoms with Crippen LogP contribution in [0.5, 0.6) is 0 Å². The molecule has 1 aliphatic heterocycles. The van der Waals surface area contributed by atoms with Crippen LogP contribution < -0.4 is 0 Å². The zero-order valence-electron chi connectivity index (χ0n) is 11.3. The first-order valence-electron chi connectivity index (χ1n) is 6.48. The standard InChI is InChI=1S/C15H21NO2/c1-15(2,3)18-14(17)16-10-9-13(11-16)12-7-5-4-6-8-12/h4-8,13H,9-11H2,1-3H3. The number of carbonyl (C=O) groups is 1. The molecule has 1 amide bonds. The second-order valence-corrected chi connectivity index (χ2v) is 5.82. The lowest BCUT2D eigenvalue weighted by Crippen LogP contribution is -2.35. The zero-order chi connectivity index (χ0) is 13.2. The molecule has 2 rings (SSSR count). The summed E-state index contributed by atoms with van der Waals surface area (Å²) >= 11 is 0. The minimum Gasteiger partial charge on any atom is -0.444 e. The number of amides is 1. The maximum absolute atomic E-state index is 11.9. The molecule has 3 nitrogen and oxygen atoms in total. The Morgan fingerprint density at radius 1 is 1.28 bits per heavy atom. The normalized spacial score (nSPS) is 19.9. The van der Waals surface area contributed by atoms with Crippen molar-refractivity contribution in [1.29, 1.82) is 0 Å². The van der Waals surface area contributed by atoms with E-state index in [-0.39, 0.29) is 6.09 Å². The van der Waals surface area contributed by atoms with Gasteiger partial charge in [0.15, 0.2) is 0 Å². The lowest BCUT2D eigenvalue weighted by Gasteiger charge is -2.24. The van der Waals surface area contributed by atoms with E-state index >= 15 is 0 Å². The average Bonchev–Trinajstić information content (AvgIpc) is 2.77. The minimum absolute atomic E-state index is 0.194. The summed E-state index contributed by atoms with van der Waals surface area (Å²) in [5.74, 6) is 0.443. The first-order valence-corrected chi connectivity index (χ1v) is 6.48. The number of benzene rings is 1. The van der Waals surface area contributed by atoms with Gasteiger partial charge in [-0.15, -0.1) is 0 Å². The molecule has 1 heterocycles. The van der Waals surface area contributed by atoms with Crippen LogP contribution in [0.3, 0.4) is 0 Å². The third kappa shape index (κ3) is 3.25. The molecular formula is C15H21NO2. The summed E-state index contributed by atoms with van der Waals surface area (Å²) in [6, 6.07) is 10.4. The molecule has 18 heavy (non-hydrogen) atoms. The Hall–Kier alpha value is -1.51. The van der Waals surface area contributed by atoms with E-state index in [1.165, 1.54) is 5.56 Å². The molecule has 0 radical (unpaired) electrons. The summed E-state index contributed by atoms with van der Waals surface area (Å²) < 4.78 is 5.39. The van der Waals surface area contributed by atoms with E-state index in [4.69, 9.17) is 4.74 Å². The molecule has 0 aliphatic carbocycles. The van der Waals surface area contributed by atoms with Crippen LogP contribution in [0.15, 0.2) is 30.3 Å². The lowest BCUT2D eigenvalue weighted by molar-refractivity contribution is 0.0292. The largest absolute Gasteiger partial charge is 0.444 e. The summed E-state index contributed by atoms with van der Waals surface area (Å²) in [6.07, 6.45) is 0.824. The SMILES string of the molecule is CC(C)(C)OC(=O)N1CCC(c2ccccc2)C1. The van der Waals surface area contributed by atoms with Crippen LogP contribution in [0, 0.1) is 0 Å². The minimum atomic E-state index is -0.415. The Morgan fingerprint density at radius 2 is 1.94 bits per heavy atom. The average molecular weight is 247 g/mol. The molecule has 3 heteroatoms. The first kappa shape index (κ1) is 12.9. The predicted molar refractivity (Wildman–Crippen MR) is 71.6 cm³/mol. The monoisotopic (exact) mass is 247 g/mol. The maximum Gasteiger partial charge on any atom is 0.410 e. The molecule has 0 aromatic heterocycles. The summed E-state index contributed by atoms with van der Waals surface area (Å²) in [7, 11) is 0. The van der Waals surface area contributed by atoms with E-state index < -0.39 is 5.60 Å². The van der Waals surface area contributed by atoms with Crippen LogP contribution >= 0.6 is 0 Å². The molecule has 1 aromatic rings. The van der Waals surface area contributed by atoms with Crippen molar-refractivity contribution >= 4 is 6.09 Å². The van der Waals surface area contributed by atoms with Crippen LogP contribution in [0.2, 0.25) is 0 Å². The second kappa shape index (κ2) is 5.01. The lowest BCUT2D eigenvalue weighted by atomic mass is 9.99. The fourth-order valence-corrected chi connectivity index (χ4v) is 2.25. The Balaban J connectivity index is 1.95. The molecule has 1 fully saturated rings. The number of ether oxygens (including phenoxy) is 1. The van der Waals surface area contributed by atoms with Gasteiger partial charge in [0.1, 0.15) is 5.60 Å². The molecule has 98 valence electrons. The van der Waals surface area contributed by atoms with E-state index in [1.54, 1.807) is 0 Å². The molecule has 1 unspecified atom stereocenters. The highest BCUT2D eigenvalue weighted by atomic mass is 16.6. The van der Waals surface area contributed by atoms with Crippen molar-refractivity contribution in [2.75, 3.05) is 13.1 Å². The highest BCUT2D eigenvalue weighted by Crippen LogP contribution is 2.27. The quantitative estimate of drug-likeness (QED) is 0.761. The van der Waals surface area contributed by atoms with Crippen LogP contribution in [-0.4, -0.2) is 29.7 Å². The van der Waals surface area contributed by atoms with Gasteiger partial charge >= 0.3 is 6.09 Å². The molecular weight excluding hydrogens is 226 g/mol. The van der Waals surface area contributed by atoms with Gasteiger partial charge in [-0.3, -0.25) is 0 Å². The number of nitrogens with zero attached hydrogens (tertiary/aromatic N) is 1. The smallest absolute Gasteiger partial charge is 0.410 e. The van der Waals surface area contributed by atoms with E-state index in [1.807, 2.05) is 43.9 Å². The van der Waals surface area contributed by atoms with Gasteiger partial charge in [0.25, 0.3) is 0 Å². The van der Waals surface area contributed by atoms with Crippen molar-refractivity contribution in [2.45, 2.75) is 38.7 Å². The zero-order valence-corrected chi connectivity index (χ0v) is 11.3. The van der Waals surface area contributed by atoms with Crippen LogP contribution in [0.25, 0.3) is 0 Å². The van der Waals surface area contributed by atoms with Gasteiger partial charge in [-0.25, -0.2) is 4.79 Å². The van der Waals surface area contributed by atoms with E-state index in [0.717, 1.165) is 19.5 Å². The molecule has 1 atom stereocenters. The third-order valence-electron chi connectivity index (χ3n) is 3.11. The van der Waals surface area contributed by atoms with Gasteiger partial charge in [-0.1, -0.05) is 30.3 Å². The number of rotatable bonds is 1. The molecule has 1 saturated heterocycles. The van der Waals surface area contributed by atoms with Crippen LogP contribution in [0.1, 0.15) is 38.7 Å². The fourth-order valence-electron chi connectivity index (χ4n) is 2.25. The highest BCUT2D eigenvalue weighted by molar-refractivity contribution is 5.68. The molecule has 1 aromatic carbocycles. The highest BCUT2D eigenvalue weighted by Gasteiger charge is 2.30. The summed E-state index contributed by atoms with van der Waals surface area (Å²) in [5, 5.41) is 0. The number of carbonyl (C=O) groups excluding carboxylic acids is 1. The predicted octanol–water partition coefficient (Wildman–Crippen LogP) is 3.41. The topological polar surface area (TPSA) is 29.5 Å². The molecule has 0 saturated carbocycles.